The number of nitrogens with one attached hydrogen (secondary N) is 1. The molecular formula is C17H24N2O3. The van der Waals surface area contributed by atoms with E-state index in [0.717, 1.165) is 5.69 Å². The number of ether oxygens (including phenoxy) is 1. The van der Waals surface area contributed by atoms with Crippen LogP contribution in [-0.4, -0.2) is 43.0 Å². The maximum absolute atomic E-state index is 12.3. The van der Waals surface area contributed by atoms with Crippen LogP contribution in [0, 0.1) is 5.92 Å². The Labute approximate surface area is 131 Å². The van der Waals surface area contributed by atoms with Crippen molar-refractivity contribution in [2.75, 3.05) is 25.5 Å². The number of rotatable bonds is 5. The molecule has 1 saturated heterocycles. The summed E-state index contributed by atoms with van der Waals surface area (Å²) in [5, 5.41) is 3.33. The van der Waals surface area contributed by atoms with Gasteiger partial charge in [-0.25, -0.2) is 0 Å². The predicted molar refractivity (Wildman–Crippen MR) is 85.5 cm³/mol. The first-order valence-electron chi connectivity index (χ1n) is 7.77. The Morgan fingerprint density at radius 3 is 2.50 bits per heavy atom. The van der Waals surface area contributed by atoms with E-state index in [0.29, 0.717) is 32.4 Å². The van der Waals surface area contributed by atoms with Crippen LogP contribution in [-0.2, 0) is 14.3 Å². The van der Waals surface area contributed by atoms with E-state index in [9.17, 15) is 9.59 Å². The van der Waals surface area contributed by atoms with Crippen LogP contribution in [0.1, 0.15) is 26.2 Å². The number of anilines is 1. The van der Waals surface area contributed by atoms with Gasteiger partial charge in [0.2, 0.25) is 5.91 Å². The van der Waals surface area contributed by atoms with Crippen molar-refractivity contribution in [1.82, 2.24) is 4.90 Å². The molecule has 1 fully saturated rings. The van der Waals surface area contributed by atoms with Gasteiger partial charge in [0.15, 0.2) is 0 Å². The summed E-state index contributed by atoms with van der Waals surface area (Å²) < 4.78 is 4.76. The van der Waals surface area contributed by atoms with Crippen molar-refractivity contribution in [3.05, 3.63) is 30.3 Å². The first kappa shape index (κ1) is 16.3. The Kier molecular flexibility index (Phi) is 5.81. The predicted octanol–water partition coefficient (Wildman–Crippen LogP) is 2.29. The summed E-state index contributed by atoms with van der Waals surface area (Å²) in [5.41, 5.74) is 1.02. The lowest BCUT2D eigenvalue weighted by atomic mass is 9.96. The van der Waals surface area contributed by atoms with Crippen LogP contribution in [0.4, 0.5) is 5.69 Å². The fourth-order valence-electron chi connectivity index (χ4n) is 2.79. The fraction of sp³-hybridized carbons (Fsp3) is 0.529. The highest BCUT2D eigenvalue weighted by molar-refractivity contribution is 5.78. The second-order valence-electron chi connectivity index (χ2n) is 5.79. The minimum absolute atomic E-state index is 0.0612. The Morgan fingerprint density at radius 1 is 1.27 bits per heavy atom. The van der Waals surface area contributed by atoms with Crippen LogP contribution >= 0.6 is 0 Å². The van der Waals surface area contributed by atoms with Crippen LogP contribution in [0.25, 0.3) is 0 Å². The van der Waals surface area contributed by atoms with E-state index in [-0.39, 0.29) is 23.8 Å². The molecule has 1 aliphatic heterocycles. The molecule has 0 spiro atoms. The summed E-state index contributed by atoms with van der Waals surface area (Å²) in [4.78, 5) is 25.7. The second-order valence-corrected chi connectivity index (χ2v) is 5.79. The molecule has 22 heavy (non-hydrogen) atoms. The number of benzene rings is 1. The highest BCUT2D eigenvalue weighted by Crippen LogP contribution is 2.19. The third-order valence-corrected chi connectivity index (χ3v) is 4.05. The minimum atomic E-state index is -0.161. The number of hydrogen-bond donors (Lipinski definition) is 1. The highest BCUT2D eigenvalue weighted by atomic mass is 16.5. The largest absolute Gasteiger partial charge is 0.469 e. The number of nitrogens with zero attached hydrogens (tertiary/aromatic N) is 1. The molecule has 1 aliphatic rings. The van der Waals surface area contributed by atoms with Crippen LogP contribution in [0.5, 0.6) is 0 Å². The molecule has 1 heterocycles. The number of carbonyl (C=O) groups excluding carboxylic acids is 2. The number of esters is 1. The smallest absolute Gasteiger partial charge is 0.308 e. The molecule has 0 aliphatic carbocycles. The first-order chi connectivity index (χ1) is 10.6. The molecule has 1 aromatic rings. The molecule has 0 saturated carbocycles. The molecule has 2 rings (SSSR count). The van der Waals surface area contributed by atoms with Crippen LogP contribution < -0.4 is 5.32 Å². The summed E-state index contributed by atoms with van der Waals surface area (Å²) in [6.07, 6.45) is 1.84. The number of carbonyl (C=O) groups is 2. The summed E-state index contributed by atoms with van der Waals surface area (Å²) in [7, 11) is 1.41. The lowest BCUT2D eigenvalue weighted by molar-refractivity contribution is -0.148. The molecule has 0 bridgehead atoms. The van der Waals surface area contributed by atoms with Crippen LogP contribution in [0.15, 0.2) is 30.3 Å². The van der Waals surface area contributed by atoms with Gasteiger partial charge in [-0.15, -0.1) is 0 Å². The van der Waals surface area contributed by atoms with E-state index >= 15 is 0 Å². The van der Waals surface area contributed by atoms with E-state index in [1.54, 1.807) is 0 Å². The van der Waals surface area contributed by atoms with Crippen molar-refractivity contribution in [2.24, 2.45) is 5.92 Å². The monoisotopic (exact) mass is 304 g/mol. The van der Waals surface area contributed by atoms with Crippen molar-refractivity contribution in [3.8, 4) is 0 Å². The van der Waals surface area contributed by atoms with Crippen molar-refractivity contribution in [2.45, 2.75) is 32.2 Å². The lowest BCUT2D eigenvalue weighted by Gasteiger charge is -2.31. The standard InChI is InChI=1S/C17H24N2O3/c1-13(18-15-6-4-3-5-7-15)12-16(20)19-10-8-14(9-11-19)17(21)22-2/h3-7,13-14,18H,8-12H2,1-2H3/t13-/m1/s1. The van der Waals surface area contributed by atoms with E-state index < -0.39 is 0 Å². The quantitative estimate of drug-likeness (QED) is 0.848. The maximum Gasteiger partial charge on any atom is 0.308 e. The Balaban J connectivity index is 1.77. The molecule has 1 aromatic carbocycles. The molecule has 5 nitrogen and oxygen atoms in total. The number of para-hydroxylation sites is 1. The Hall–Kier alpha value is -2.04. The van der Waals surface area contributed by atoms with Gasteiger partial charge >= 0.3 is 5.97 Å². The molecule has 0 aromatic heterocycles. The minimum Gasteiger partial charge on any atom is -0.469 e. The van der Waals surface area contributed by atoms with Gasteiger partial charge in [-0.2, -0.15) is 0 Å². The van der Waals surface area contributed by atoms with Crippen molar-refractivity contribution in [3.63, 3.8) is 0 Å². The van der Waals surface area contributed by atoms with Gasteiger partial charge in [0.05, 0.1) is 13.0 Å². The summed E-state index contributed by atoms with van der Waals surface area (Å²) in [5.74, 6) is -0.0839. The van der Waals surface area contributed by atoms with E-state index in [1.165, 1.54) is 7.11 Å². The van der Waals surface area contributed by atoms with Gasteiger partial charge in [0.25, 0.3) is 0 Å². The van der Waals surface area contributed by atoms with Gasteiger partial charge in [0.1, 0.15) is 0 Å². The molecule has 120 valence electrons. The van der Waals surface area contributed by atoms with Gasteiger partial charge in [-0.1, -0.05) is 18.2 Å². The van der Waals surface area contributed by atoms with Gasteiger partial charge in [0, 0.05) is 31.2 Å². The van der Waals surface area contributed by atoms with Gasteiger partial charge in [-0.3, -0.25) is 9.59 Å². The number of amides is 1. The molecule has 1 amide bonds. The van der Waals surface area contributed by atoms with Crippen LogP contribution in [0.2, 0.25) is 0 Å². The molecule has 5 heteroatoms. The molecule has 1 atom stereocenters. The van der Waals surface area contributed by atoms with E-state index in [4.69, 9.17) is 4.74 Å². The SMILES string of the molecule is COC(=O)C1CCN(C(=O)C[C@@H](C)Nc2ccccc2)CC1. The lowest BCUT2D eigenvalue weighted by Crippen LogP contribution is -2.42. The number of likely N-dealkylation sites (tertiary alicyclic amines) is 1. The van der Waals surface area contributed by atoms with Crippen molar-refractivity contribution in [1.29, 1.82) is 0 Å². The van der Waals surface area contributed by atoms with Crippen LogP contribution in [0.3, 0.4) is 0 Å². The Morgan fingerprint density at radius 2 is 1.91 bits per heavy atom. The van der Waals surface area contributed by atoms with Crippen molar-refractivity contribution >= 4 is 17.6 Å². The highest BCUT2D eigenvalue weighted by Gasteiger charge is 2.28. The average Bonchev–Trinajstić information content (AvgIpc) is 2.55. The number of hydrogen-bond acceptors (Lipinski definition) is 4. The normalized spacial score (nSPS) is 16.9. The molecule has 0 unspecified atom stereocenters. The van der Waals surface area contributed by atoms with E-state index in [2.05, 4.69) is 5.32 Å². The summed E-state index contributed by atoms with van der Waals surface area (Å²) >= 11 is 0. The third-order valence-electron chi connectivity index (χ3n) is 4.05. The topological polar surface area (TPSA) is 58.6 Å². The summed E-state index contributed by atoms with van der Waals surface area (Å²) in [6, 6.07) is 9.95. The molecule has 0 radical (unpaired) electrons. The maximum atomic E-state index is 12.3. The average molecular weight is 304 g/mol. The first-order valence-corrected chi connectivity index (χ1v) is 7.77. The fourth-order valence-corrected chi connectivity index (χ4v) is 2.79. The number of piperidine rings is 1. The zero-order valence-electron chi connectivity index (χ0n) is 13.2. The number of methoxy groups -OCH3 is 1. The third kappa shape index (κ3) is 4.48. The van der Waals surface area contributed by atoms with Crippen molar-refractivity contribution < 1.29 is 14.3 Å². The van der Waals surface area contributed by atoms with E-state index in [1.807, 2.05) is 42.2 Å². The zero-order valence-corrected chi connectivity index (χ0v) is 13.2. The molecular weight excluding hydrogens is 280 g/mol. The second kappa shape index (κ2) is 7.82. The Bertz CT molecular complexity index is 496. The molecule has 1 N–H and O–H groups in total. The summed E-state index contributed by atoms with van der Waals surface area (Å²) in [6.45, 7) is 3.28. The zero-order chi connectivity index (χ0) is 15.9. The van der Waals surface area contributed by atoms with Gasteiger partial charge < -0.3 is 15.0 Å². The van der Waals surface area contributed by atoms with Gasteiger partial charge in [-0.05, 0) is 31.9 Å².